The van der Waals surface area contributed by atoms with E-state index >= 15 is 0 Å². The first-order valence-electron chi connectivity index (χ1n) is 7.37. The van der Waals surface area contributed by atoms with Crippen molar-refractivity contribution in [2.24, 2.45) is 0 Å². The highest BCUT2D eigenvalue weighted by molar-refractivity contribution is 5.92. The van der Waals surface area contributed by atoms with E-state index < -0.39 is 30.1 Å². The molecule has 4 unspecified atom stereocenters. The summed E-state index contributed by atoms with van der Waals surface area (Å²) in [6.45, 7) is 3.81. The van der Waals surface area contributed by atoms with E-state index in [-0.39, 0.29) is 19.0 Å². The van der Waals surface area contributed by atoms with Gasteiger partial charge in [0.25, 0.3) is 5.79 Å². The van der Waals surface area contributed by atoms with E-state index in [9.17, 15) is 4.79 Å². The van der Waals surface area contributed by atoms with E-state index in [4.69, 9.17) is 23.7 Å². The Morgan fingerprint density at radius 2 is 1.86 bits per heavy atom. The molecule has 0 aromatic heterocycles. The van der Waals surface area contributed by atoms with Crippen LogP contribution in [0.15, 0.2) is 30.3 Å². The topological polar surface area (TPSA) is 63.2 Å². The first kappa shape index (κ1) is 14.3. The molecule has 1 spiro atoms. The van der Waals surface area contributed by atoms with E-state index in [2.05, 4.69) is 0 Å². The van der Waals surface area contributed by atoms with Crippen LogP contribution in [0, 0.1) is 0 Å². The van der Waals surface area contributed by atoms with Gasteiger partial charge in [-0.15, -0.1) is 0 Å². The molecule has 1 aromatic rings. The summed E-state index contributed by atoms with van der Waals surface area (Å²) in [5.41, 5.74) is 0.877. The van der Waals surface area contributed by atoms with Crippen molar-refractivity contribution >= 4 is 5.78 Å². The van der Waals surface area contributed by atoms with Gasteiger partial charge in [-0.2, -0.15) is 0 Å². The Morgan fingerprint density at radius 1 is 1.09 bits per heavy atom. The lowest BCUT2D eigenvalue weighted by Crippen LogP contribution is -2.58. The standard InChI is InChI=1S/C16H18O6/c1-15(2)19-9-16(22-15)13(17)12-11(8-18-16)20-14(21-12)10-6-4-3-5-7-10/h3-7,11-12,14H,8-9H2,1-2H3. The highest BCUT2D eigenvalue weighted by atomic mass is 16.8. The van der Waals surface area contributed by atoms with Crippen molar-refractivity contribution in [3.8, 4) is 0 Å². The molecule has 0 radical (unpaired) electrons. The third kappa shape index (κ3) is 2.19. The van der Waals surface area contributed by atoms with Gasteiger partial charge in [0, 0.05) is 5.56 Å². The van der Waals surface area contributed by atoms with Gasteiger partial charge in [-0.1, -0.05) is 30.3 Å². The first-order chi connectivity index (χ1) is 10.5. The predicted octanol–water partition coefficient (Wildman–Crippen LogP) is 1.55. The molecule has 3 saturated heterocycles. The number of hydrogen-bond acceptors (Lipinski definition) is 6. The zero-order valence-electron chi connectivity index (χ0n) is 12.5. The highest BCUT2D eigenvalue weighted by Crippen LogP contribution is 2.42. The van der Waals surface area contributed by atoms with E-state index in [1.165, 1.54) is 0 Å². The van der Waals surface area contributed by atoms with E-state index in [1.807, 2.05) is 30.3 Å². The maximum Gasteiger partial charge on any atom is 0.258 e. The molecule has 6 heteroatoms. The maximum absolute atomic E-state index is 12.8. The van der Waals surface area contributed by atoms with Gasteiger partial charge in [-0.25, -0.2) is 0 Å². The van der Waals surface area contributed by atoms with Crippen LogP contribution in [-0.4, -0.2) is 42.8 Å². The Balaban J connectivity index is 1.55. The van der Waals surface area contributed by atoms with E-state index in [0.717, 1.165) is 5.56 Å². The number of carbonyl (C=O) groups excluding carboxylic acids is 1. The molecule has 0 N–H and O–H groups in total. The Kier molecular flexibility index (Phi) is 3.15. The summed E-state index contributed by atoms with van der Waals surface area (Å²) < 4.78 is 28.5. The molecule has 1 aromatic carbocycles. The van der Waals surface area contributed by atoms with Gasteiger partial charge in [-0.3, -0.25) is 4.79 Å². The summed E-state index contributed by atoms with van der Waals surface area (Å²) in [5.74, 6) is -2.49. The van der Waals surface area contributed by atoms with Crippen LogP contribution in [0.2, 0.25) is 0 Å². The zero-order valence-corrected chi connectivity index (χ0v) is 12.5. The molecular formula is C16H18O6. The van der Waals surface area contributed by atoms with Crippen LogP contribution in [-0.2, 0) is 28.5 Å². The molecule has 3 aliphatic rings. The van der Waals surface area contributed by atoms with Gasteiger partial charge in [0.2, 0.25) is 5.78 Å². The Bertz CT molecular complexity index is 586. The minimum absolute atomic E-state index is 0.0709. The fourth-order valence-corrected chi connectivity index (χ4v) is 3.03. The Morgan fingerprint density at radius 3 is 2.55 bits per heavy atom. The van der Waals surface area contributed by atoms with Crippen LogP contribution in [0.3, 0.4) is 0 Å². The number of Topliss-reactive ketones (excluding diaryl/α,β-unsaturated/α-hetero) is 1. The quantitative estimate of drug-likeness (QED) is 0.784. The number of ether oxygens (including phenoxy) is 5. The van der Waals surface area contributed by atoms with Crippen molar-refractivity contribution in [2.45, 2.75) is 43.9 Å². The van der Waals surface area contributed by atoms with Gasteiger partial charge >= 0.3 is 0 Å². The number of benzene rings is 1. The van der Waals surface area contributed by atoms with Gasteiger partial charge in [-0.05, 0) is 13.8 Å². The third-order valence-corrected chi connectivity index (χ3v) is 4.11. The summed E-state index contributed by atoms with van der Waals surface area (Å²) >= 11 is 0. The molecule has 6 nitrogen and oxygen atoms in total. The summed E-state index contributed by atoms with van der Waals surface area (Å²) in [5, 5.41) is 0. The smallest absolute Gasteiger partial charge is 0.258 e. The minimum Gasteiger partial charge on any atom is -0.344 e. The van der Waals surface area contributed by atoms with Crippen LogP contribution in [0.4, 0.5) is 0 Å². The molecule has 3 aliphatic heterocycles. The van der Waals surface area contributed by atoms with E-state index in [0.29, 0.717) is 0 Å². The fraction of sp³-hybridized carbons (Fsp3) is 0.562. The van der Waals surface area contributed by atoms with Crippen molar-refractivity contribution < 1.29 is 28.5 Å². The average Bonchev–Trinajstić information content (AvgIpc) is 3.07. The summed E-state index contributed by atoms with van der Waals surface area (Å²) in [4.78, 5) is 12.8. The lowest BCUT2D eigenvalue weighted by molar-refractivity contribution is -0.263. The van der Waals surface area contributed by atoms with E-state index in [1.54, 1.807) is 13.8 Å². The SMILES string of the molecule is CC1(C)OCC2(OCC3OC(c4ccccc4)OC3C2=O)O1. The number of carbonyl (C=O) groups is 1. The summed E-state index contributed by atoms with van der Waals surface area (Å²) in [6.07, 6.45) is -1.68. The van der Waals surface area contributed by atoms with Gasteiger partial charge < -0.3 is 23.7 Å². The minimum atomic E-state index is -1.38. The molecule has 0 amide bonds. The van der Waals surface area contributed by atoms with Crippen LogP contribution < -0.4 is 0 Å². The number of hydrogen-bond donors (Lipinski definition) is 0. The molecule has 0 aliphatic carbocycles. The molecule has 118 valence electrons. The molecule has 3 fully saturated rings. The normalized spacial score (nSPS) is 40.1. The van der Waals surface area contributed by atoms with Crippen molar-refractivity contribution in [3.63, 3.8) is 0 Å². The fourth-order valence-electron chi connectivity index (χ4n) is 3.03. The van der Waals surface area contributed by atoms with Crippen LogP contribution in [0.1, 0.15) is 25.7 Å². The van der Waals surface area contributed by atoms with Gasteiger partial charge in [0.15, 0.2) is 18.2 Å². The first-order valence-corrected chi connectivity index (χ1v) is 7.37. The largest absolute Gasteiger partial charge is 0.344 e. The Labute approximate surface area is 128 Å². The number of rotatable bonds is 1. The summed E-state index contributed by atoms with van der Waals surface area (Å²) in [7, 11) is 0. The molecule has 4 rings (SSSR count). The highest BCUT2D eigenvalue weighted by Gasteiger charge is 2.61. The molecule has 3 heterocycles. The van der Waals surface area contributed by atoms with Gasteiger partial charge in [0.05, 0.1) is 6.61 Å². The lowest BCUT2D eigenvalue weighted by Gasteiger charge is -2.35. The third-order valence-electron chi connectivity index (χ3n) is 4.11. The molecule has 4 atom stereocenters. The second-order valence-electron chi connectivity index (χ2n) is 6.19. The van der Waals surface area contributed by atoms with Crippen LogP contribution in [0.25, 0.3) is 0 Å². The number of ketones is 1. The lowest BCUT2D eigenvalue weighted by atomic mass is 9.99. The zero-order chi connectivity index (χ0) is 15.4. The van der Waals surface area contributed by atoms with Crippen molar-refractivity contribution in [1.82, 2.24) is 0 Å². The monoisotopic (exact) mass is 306 g/mol. The predicted molar refractivity (Wildman–Crippen MR) is 73.7 cm³/mol. The van der Waals surface area contributed by atoms with Gasteiger partial charge in [0.1, 0.15) is 12.7 Å². The van der Waals surface area contributed by atoms with Crippen molar-refractivity contribution in [3.05, 3.63) is 35.9 Å². The molecule has 22 heavy (non-hydrogen) atoms. The maximum atomic E-state index is 12.8. The summed E-state index contributed by atoms with van der Waals surface area (Å²) in [6, 6.07) is 9.53. The Hall–Kier alpha value is -1.31. The van der Waals surface area contributed by atoms with Crippen LogP contribution in [0.5, 0.6) is 0 Å². The molecule has 0 saturated carbocycles. The molecular weight excluding hydrogens is 288 g/mol. The second kappa shape index (κ2) is 4.84. The van der Waals surface area contributed by atoms with Crippen molar-refractivity contribution in [2.75, 3.05) is 13.2 Å². The van der Waals surface area contributed by atoms with Crippen molar-refractivity contribution in [1.29, 1.82) is 0 Å². The molecule has 0 bridgehead atoms. The van der Waals surface area contributed by atoms with Crippen LogP contribution >= 0.6 is 0 Å². The number of fused-ring (bicyclic) bond motifs is 1. The second-order valence-corrected chi connectivity index (χ2v) is 6.19. The average molecular weight is 306 g/mol.